The summed E-state index contributed by atoms with van der Waals surface area (Å²) in [5.74, 6) is 1.09. The van der Waals surface area contributed by atoms with Gasteiger partial charge in [0, 0.05) is 30.0 Å². The van der Waals surface area contributed by atoms with E-state index in [1.807, 2.05) is 18.2 Å². The van der Waals surface area contributed by atoms with Crippen molar-refractivity contribution in [3.05, 3.63) is 28.2 Å². The first-order valence-electron chi connectivity index (χ1n) is 6.50. The quantitative estimate of drug-likeness (QED) is 0.345. The fourth-order valence-corrected chi connectivity index (χ4v) is 2.22. The zero-order valence-electron chi connectivity index (χ0n) is 12.1. The second kappa shape index (κ2) is 8.11. The lowest BCUT2D eigenvalue weighted by Crippen LogP contribution is -2.33. The molecule has 6 heteroatoms. The molecular formula is C14H22BrN3O2. The summed E-state index contributed by atoms with van der Waals surface area (Å²) in [5, 5.41) is 11.6. The summed E-state index contributed by atoms with van der Waals surface area (Å²) in [7, 11) is 1.66. The molecule has 0 heterocycles. The van der Waals surface area contributed by atoms with Gasteiger partial charge in [-0.25, -0.2) is 0 Å². The van der Waals surface area contributed by atoms with Crippen molar-refractivity contribution in [1.29, 1.82) is 0 Å². The first-order valence-corrected chi connectivity index (χ1v) is 7.30. The van der Waals surface area contributed by atoms with Gasteiger partial charge in [0.2, 0.25) is 0 Å². The third-order valence-corrected chi connectivity index (χ3v) is 3.91. The molecule has 20 heavy (non-hydrogen) atoms. The Morgan fingerprint density at radius 2 is 2.20 bits per heavy atom. The molecule has 0 bridgehead atoms. The van der Waals surface area contributed by atoms with Crippen molar-refractivity contribution >= 4 is 21.8 Å². The molecule has 0 saturated carbocycles. The van der Waals surface area contributed by atoms with E-state index in [2.05, 4.69) is 39.8 Å². The van der Waals surface area contributed by atoms with E-state index < -0.39 is 0 Å². The van der Waals surface area contributed by atoms with Crippen molar-refractivity contribution in [3.8, 4) is 5.75 Å². The van der Waals surface area contributed by atoms with Crippen LogP contribution in [0.4, 0.5) is 0 Å². The summed E-state index contributed by atoms with van der Waals surface area (Å²) >= 11 is 3.56. The maximum absolute atomic E-state index is 8.61. The van der Waals surface area contributed by atoms with Gasteiger partial charge in [0.25, 0.3) is 0 Å². The van der Waals surface area contributed by atoms with Gasteiger partial charge < -0.3 is 15.7 Å². The van der Waals surface area contributed by atoms with Crippen LogP contribution in [0.3, 0.4) is 0 Å². The molecule has 0 fully saturated rings. The number of amidine groups is 1. The lowest BCUT2D eigenvalue weighted by atomic mass is 10.1. The molecule has 3 N–H and O–H groups in total. The Bertz CT molecular complexity index is 464. The number of nitrogens with two attached hydrogens (primary N) is 1. The Balaban J connectivity index is 2.79. The lowest BCUT2D eigenvalue weighted by Gasteiger charge is -2.27. The molecule has 112 valence electrons. The second-order valence-corrected chi connectivity index (χ2v) is 5.72. The van der Waals surface area contributed by atoms with Gasteiger partial charge in [0.1, 0.15) is 11.6 Å². The van der Waals surface area contributed by atoms with Gasteiger partial charge in [0.05, 0.1) is 7.11 Å². The SMILES string of the molecule is COc1ccc(Br)c(CN(CCC(N)=NO)C(C)C)c1. The summed E-state index contributed by atoms with van der Waals surface area (Å²) in [5.41, 5.74) is 6.68. The first kappa shape index (κ1) is 16.8. The average molecular weight is 344 g/mol. The Hall–Kier alpha value is -1.27. The summed E-state index contributed by atoms with van der Waals surface area (Å²) in [6.07, 6.45) is 0.538. The van der Waals surface area contributed by atoms with Crippen molar-refractivity contribution < 1.29 is 9.94 Å². The molecule has 0 aliphatic heterocycles. The number of ether oxygens (including phenoxy) is 1. The fourth-order valence-electron chi connectivity index (χ4n) is 1.85. The highest BCUT2D eigenvalue weighted by Crippen LogP contribution is 2.24. The number of hydrogen-bond acceptors (Lipinski definition) is 4. The summed E-state index contributed by atoms with van der Waals surface area (Å²) < 4.78 is 6.30. The molecule has 0 aliphatic rings. The maximum Gasteiger partial charge on any atom is 0.140 e. The summed E-state index contributed by atoms with van der Waals surface area (Å²) in [4.78, 5) is 2.26. The number of methoxy groups -OCH3 is 1. The molecule has 0 radical (unpaired) electrons. The fraction of sp³-hybridized carbons (Fsp3) is 0.500. The highest BCUT2D eigenvalue weighted by atomic mass is 79.9. The number of hydrogen-bond donors (Lipinski definition) is 2. The topological polar surface area (TPSA) is 71.1 Å². The highest BCUT2D eigenvalue weighted by molar-refractivity contribution is 9.10. The van der Waals surface area contributed by atoms with Crippen LogP contribution in [0.15, 0.2) is 27.8 Å². The van der Waals surface area contributed by atoms with Gasteiger partial charge in [-0.2, -0.15) is 0 Å². The minimum Gasteiger partial charge on any atom is -0.497 e. The summed E-state index contributed by atoms with van der Waals surface area (Å²) in [6, 6.07) is 6.28. The third-order valence-electron chi connectivity index (χ3n) is 3.14. The Morgan fingerprint density at radius 3 is 2.75 bits per heavy atom. The van der Waals surface area contributed by atoms with Crippen LogP contribution in [0.25, 0.3) is 0 Å². The molecule has 0 saturated heterocycles. The van der Waals surface area contributed by atoms with Crippen LogP contribution in [0.2, 0.25) is 0 Å². The molecule has 0 amide bonds. The van der Waals surface area contributed by atoms with Gasteiger partial charge >= 0.3 is 0 Å². The average Bonchev–Trinajstić information content (AvgIpc) is 2.44. The number of nitrogens with zero attached hydrogens (tertiary/aromatic N) is 2. The van der Waals surface area contributed by atoms with Gasteiger partial charge in [-0.3, -0.25) is 4.90 Å². The van der Waals surface area contributed by atoms with Crippen LogP contribution in [0, 0.1) is 0 Å². The molecule has 0 aromatic heterocycles. The Kier molecular flexibility index (Phi) is 6.81. The van der Waals surface area contributed by atoms with Crippen LogP contribution >= 0.6 is 15.9 Å². The minimum atomic E-state index is 0.250. The molecule has 1 aromatic rings. The molecule has 1 rings (SSSR count). The third kappa shape index (κ3) is 5.02. The monoisotopic (exact) mass is 343 g/mol. The second-order valence-electron chi connectivity index (χ2n) is 4.86. The maximum atomic E-state index is 8.61. The number of oxime groups is 1. The molecular weight excluding hydrogens is 322 g/mol. The normalized spacial score (nSPS) is 12.2. The van der Waals surface area contributed by atoms with Crippen LogP contribution in [0.1, 0.15) is 25.8 Å². The van der Waals surface area contributed by atoms with E-state index in [1.54, 1.807) is 7.11 Å². The van der Waals surface area contributed by atoms with E-state index in [1.165, 1.54) is 0 Å². The smallest absolute Gasteiger partial charge is 0.140 e. The number of rotatable bonds is 7. The zero-order chi connectivity index (χ0) is 15.1. The highest BCUT2D eigenvalue weighted by Gasteiger charge is 2.13. The van der Waals surface area contributed by atoms with E-state index in [0.717, 1.165) is 28.9 Å². The van der Waals surface area contributed by atoms with Crippen molar-refractivity contribution in [2.45, 2.75) is 32.9 Å². The van der Waals surface area contributed by atoms with Crippen molar-refractivity contribution in [2.75, 3.05) is 13.7 Å². The van der Waals surface area contributed by atoms with E-state index >= 15 is 0 Å². The summed E-state index contributed by atoms with van der Waals surface area (Å²) in [6.45, 7) is 5.76. The van der Waals surface area contributed by atoms with E-state index in [4.69, 9.17) is 15.7 Å². The van der Waals surface area contributed by atoms with Crippen LogP contribution in [-0.2, 0) is 6.54 Å². The molecule has 0 aliphatic carbocycles. The molecule has 5 nitrogen and oxygen atoms in total. The van der Waals surface area contributed by atoms with Gasteiger partial charge in [0.15, 0.2) is 0 Å². The van der Waals surface area contributed by atoms with Crippen LogP contribution < -0.4 is 10.5 Å². The molecule has 0 atom stereocenters. The lowest BCUT2D eigenvalue weighted by molar-refractivity contribution is 0.217. The first-order chi connectivity index (χ1) is 9.47. The number of halogens is 1. The largest absolute Gasteiger partial charge is 0.497 e. The van der Waals surface area contributed by atoms with Crippen LogP contribution in [-0.4, -0.2) is 35.6 Å². The minimum absolute atomic E-state index is 0.250. The van der Waals surface area contributed by atoms with Gasteiger partial charge in [-0.15, -0.1) is 0 Å². The van der Waals surface area contributed by atoms with Crippen LogP contribution in [0.5, 0.6) is 5.75 Å². The van der Waals surface area contributed by atoms with E-state index in [9.17, 15) is 0 Å². The standard InChI is InChI=1S/C14H22BrN3O2/c1-10(2)18(7-6-14(16)17-19)9-11-8-12(20-3)4-5-13(11)15/h4-5,8,10,19H,6-7,9H2,1-3H3,(H2,16,17). The molecule has 0 spiro atoms. The van der Waals surface area contributed by atoms with E-state index in [0.29, 0.717) is 12.5 Å². The molecule has 0 unspecified atom stereocenters. The van der Waals surface area contributed by atoms with Gasteiger partial charge in [-0.1, -0.05) is 21.1 Å². The number of benzene rings is 1. The van der Waals surface area contributed by atoms with Crippen molar-refractivity contribution in [3.63, 3.8) is 0 Å². The van der Waals surface area contributed by atoms with E-state index in [-0.39, 0.29) is 5.84 Å². The van der Waals surface area contributed by atoms with Crippen molar-refractivity contribution in [2.24, 2.45) is 10.9 Å². The van der Waals surface area contributed by atoms with Crippen molar-refractivity contribution in [1.82, 2.24) is 4.90 Å². The molecule has 1 aromatic carbocycles. The predicted molar refractivity (Wildman–Crippen MR) is 84.3 cm³/mol. The van der Waals surface area contributed by atoms with Gasteiger partial charge in [-0.05, 0) is 37.6 Å². The Labute approximate surface area is 128 Å². The predicted octanol–water partition coefficient (Wildman–Crippen LogP) is 2.80. The zero-order valence-corrected chi connectivity index (χ0v) is 13.7. The Morgan fingerprint density at radius 1 is 1.50 bits per heavy atom.